The van der Waals surface area contributed by atoms with E-state index in [4.69, 9.17) is 5.73 Å². The number of hydrogen-bond donors (Lipinski definition) is 1. The topological polar surface area (TPSA) is 46.3 Å². The van der Waals surface area contributed by atoms with Gasteiger partial charge in [0.05, 0.1) is 0 Å². The first-order valence-corrected chi connectivity index (χ1v) is 5.29. The van der Waals surface area contributed by atoms with Gasteiger partial charge in [-0.05, 0) is 36.7 Å². The van der Waals surface area contributed by atoms with E-state index in [2.05, 4.69) is 11.9 Å². The van der Waals surface area contributed by atoms with Crippen molar-refractivity contribution in [1.29, 1.82) is 0 Å². The molecular weight excluding hydrogens is 188 g/mol. The van der Waals surface area contributed by atoms with Gasteiger partial charge in [0.15, 0.2) is 5.78 Å². The van der Waals surface area contributed by atoms with Gasteiger partial charge in [-0.25, -0.2) is 0 Å². The molecule has 0 aliphatic carbocycles. The van der Waals surface area contributed by atoms with Gasteiger partial charge < -0.3 is 10.6 Å². The number of likely N-dealkylation sites (N-methyl/N-ethyl adjacent to an activating group) is 1. The Bertz CT molecular complexity index is 387. The fourth-order valence-corrected chi connectivity index (χ4v) is 2.02. The van der Waals surface area contributed by atoms with Crippen molar-refractivity contribution in [1.82, 2.24) is 0 Å². The van der Waals surface area contributed by atoms with Crippen LogP contribution >= 0.6 is 0 Å². The summed E-state index contributed by atoms with van der Waals surface area (Å²) in [5.41, 5.74) is 8.70. The van der Waals surface area contributed by atoms with Crippen LogP contribution in [0.15, 0.2) is 18.2 Å². The summed E-state index contributed by atoms with van der Waals surface area (Å²) in [6.45, 7) is 1.47. The number of nitrogens with zero attached hydrogens (tertiary/aromatic N) is 1. The maximum absolute atomic E-state index is 11.6. The van der Waals surface area contributed by atoms with E-state index in [0.717, 1.165) is 18.5 Å². The van der Waals surface area contributed by atoms with Gasteiger partial charge in [-0.1, -0.05) is 0 Å². The van der Waals surface area contributed by atoms with Crippen LogP contribution in [0.5, 0.6) is 0 Å². The van der Waals surface area contributed by atoms with Gasteiger partial charge in [0.2, 0.25) is 0 Å². The summed E-state index contributed by atoms with van der Waals surface area (Å²) in [6, 6.07) is 5.95. The molecule has 0 fully saturated rings. The number of fused-ring (bicyclic) bond motifs is 1. The Labute approximate surface area is 89.9 Å². The molecule has 2 rings (SSSR count). The molecule has 0 spiro atoms. The van der Waals surface area contributed by atoms with Crippen LogP contribution in [0.1, 0.15) is 22.3 Å². The first-order chi connectivity index (χ1) is 7.22. The molecule has 0 aromatic heterocycles. The van der Waals surface area contributed by atoms with Crippen molar-refractivity contribution in [3.05, 3.63) is 29.3 Å². The van der Waals surface area contributed by atoms with Crippen molar-refractivity contribution in [2.24, 2.45) is 5.73 Å². The Balaban J connectivity index is 2.27. The molecule has 15 heavy (non-hydrogen) atoms. The minimum absolute atomic E-state index is 0.148. The lowest BCUT2D eigenvalue weighted by Gasteiger charge is -2.11. The van der Waals surface area contributed by atoms with Gasteiger partial charge in [-0.15, -0.1) is 0 Å². The summed E-state index contributed by atoms with van der Waals surface area (Å²) < 4.78 is 0. The Morgan fingerprint density at radius 2 is 2.33 bits per heavy atom. The minimum atomic E-state index is 0.148. The van der Waals surface area contributed by atoms with E-state index in [-0.39, 0.29) is 5.78 Å². The number of Topliss-reactive ketones (excluding diaryl/α,β-unsaturated/α-hetero) is 1. The minimum Gasteiger partial charge on any atom is -0.374 e. The molecule has 0 saturated heterocycles. The second-order valence-corrected chi connectivity index (χ2v) is 3.98. The van der Waals surface area contributed by atoms with E-state index >= 15 is 0 Å². The molecule has 0 unspecified atom stereocenters. The Morgan fingerprint density at radius 1 is 1.53 bits per heavy atom. The number of hydrogen-bond acceptors (Lipinski definition) is 3. The van der Waals surface area contributed by atoms with Crippen LogP contribution in [0.25, 0.3) is 0 Å². The zero-order valence-electron chi connectivity index (χ0n) is 8.99. The Kier molecular flexibility index (Phi) is 2.73. The van der Waals surface area contributed by atoms with Gasteiger partial charge in [0.25, 0.3) is 0 Å². The summed E-state index contributed by atoms with van der Waals surface area (Å²) in [7, 11) is 2.08. The van der Waals surface area contributed by atoms with E-state index in [1.54, 1.807) is 0 Å². The van der Waals surface area contributed by atoms with Gasteiger partial charge in [0, 0.05) is 31.3 Å². The average molecular weight is 204 g/mol. The number of carbonyl (C=O) groups excluding carboxylic acids is 1. The first kappa shape index (κ1) is 10.2. The molecule has 1 heterocycles. The number of carbonyl (C=O) groups is 1. The Hall–Kier alpha value is -1.35. The van der Waals surface area contributed by atoms with E-state index < -0.39 is 0 Å². The quantitative estimate of drug-likeness (QED) is 0.753. The third-order valence-electron chi connectivity index (χ3n) is 2.90. The van der Waals surface area contributed by atoms with Gasteiger partial charge in [-0.3, -0.25) is 4.79 Å². The number of rotatable bonds is 3. The van der Waals surface area contributed by atoms with Crippen LogP contribution in [0.4, 0.5) is 5.69 Å². The predicted molar refractivity (Wildman–Crippen MR) is 61.4 cm³/mol. The third-order valence-corrected chi connectivity index (χ3v) is 2.90. The lowest BCUT2D eigenvalue weighted by Crippen LogP contribution is -2.12. The van der Waals surface area contributed by atoms with Crippen molar-refractivity contribution in [3.63, 3.8) is 0 Å². The van der Waals surface area contributed by atoms with Gasteiger partial charge in [0.1, 0.15) is 0 Å². The second kappa shape index (κ2) is 4.03. The van der Waals surface area contributed by atoms with E-state index in [1.165, 1.54) is 11.3 Å². The first-order valence-electron chi connectivity index (χ1n) is 5.29. The smallest absolute Gasteiger partial charge is 0.164 e. The molecule has 0 atom stereocenters. The fraction of sp³-hybridized carbons (Fsp3) is 0.417. The lowest BCUT2D eigenvalue weighted by molar-refractivity contribution is 0.0985. The van der Waals surface area contributed by atoms with Crippen molar-refractivity contribution >= 4 is 11.5 Å². The molecule has 0 amide bonds. The summed E-state index contributed by atoms with van der Waals surface area (Å²) in [4.78, 5) is 13.8. The van der Waals surface area contributed by atoms with Crippen molar-refractivity contribution < 1.29 is 4.79 Å². The van der Waals surface area contributed by atoms with E-state index in [9.17, 15) is 4.79 Å². The van der Waals surface area contributed by atoms with Crippen LogP contribution in [0.2, 0.25) is 0 Å². The summed E-state index contributed by atoms with van der Waals surface area (Å²) >= 11 is 0. The monoisotopic (exact) mass is 204 g/mol. The maximum atomic E-state index is 11.6. The van der Waals surface area contributed by atoms with Gasteiger partial charge >= 0.3 is 0 Å². The molecule has 3 heteroatoms. The highest BCUT2D eigenvalue weighted by atomic mass is 16.1. The molecule has 80 valence electrons. The zero-order valence-corrected chi connectivity index (χ0v) is 8.99. The number of anilines is 1. The van der Waals surface area contributed by atoms with E-state index in [0.29, 0.717) is 13.0 Å². The largest absolute Gasteiger partial charge is 0.374 e. The fourth-order valence-electron chi connectivity index (χ4n) is 2.02. The average Bonchev–Trinajstić information content (AvgIpc) is 2.60. The number of ketones is 1. The summed E-state index contributed by atoms with van der Waals surface area (Å²) in [5.74, 6) is 0.148. The number of benzene rings is 1. The summed E-state index contributed by atoms with van der Waals surface area (Å²) in [5, 5.41) is 0. The SMILES string of the molecule is CN1CCc2cc(C(=O)CCN)ccc21. The highest BCUT2D eigenvalue weighted by Gasteiger charge is 2.16. The predicted octanol–water partition coefficient (Wildman–Crippen LogP) is 1.21. The van der Waals surface area contributed by atoms with Crippen LogP contribution in [0, 0.1) is 0 Å². The molecule has 2 N–H and O–H groups in total. The van der Waals surface area contributed by atoms with Crippen LogP contribution in [-0.4, -0.2) is 25.9 Å². The van der Waals surface area contributed by atoms with E-state index in [1.807, 2.05) is 18.2 Å². The van der Waals surface area contributed by atoms with Crippen molar-refractivity contribution in [2.75, 3.05) is 25.0 Å². The second-order valence-electron chi connectivity index (χ2n) is 3.98. The number of nitrogens with two attached hydrogens (primary N) is 1. The normalized spacial score (nSPS) is 14.1. The molecule has 0 bridgehead atoms. The molecule has 3 nitrogen and oxygen atoms in total. The lowest BCUT2D eigenvalue weighted by atomic mass is 10.0. The maximum Gasteiger partial charge on any atom is 0.164 e. The molecule has 1 aromatic carbocycles. The molecule has 1 aliphatic heterocycles. The Morgan fingerprint density at radius 3 is 3.07 bits per heavy atom. The van der Waals surface area contributed by atoms with Gasteiger partial charge in [-0.2, -0.15) is 0 Å². The third kappa shape index (κ3) is 1.88. The molecular formula is C12H16N2O. The zero-order chi connectivity index (χ0) is 10.8. The highest BCUT2D eigenvalue weighted by Crippen LogP contribution is 2.27. The van der Waals surface area contributed by atoms with Crippen LogP contribution < -0.4 is 10.6 Å². The standard InChI is InChI=1S/C12H16N2O/c1-14-7-5-9-8-10(2-3-11(9)14)12(15)4-6-13/h2-3,8H,4-7,13H2,1H3. The van der Waals surface area contributed by atoms with Crippen LogP contribution in [-0.2, 0) is 6.42 Å². The molecule has 0 saturated carbocycles. The van der Waals surface area contributed by atoms with Crippen molar-refractivity contribution in [3.8, 4) is 0 Å². The van der Waals surface area contributed by atoms with Crippen molar-refractivity contribution in [2.45, 2.75) is 12.8 Å². The summed E-state index contributed by atoms with van der Waals surface area (Å²) in [6.07, 6.45) is 1.48. The molecule has 0 radical (unpaired) electrons. The molecule has 1 aromatic rings. The van der Waals surface area contributed by atoms with Crippen LogP contribution in [0.3, 0.4) is 0 Å². The molecule has 1 aliphatic rings. The highest BCUT2D eigenvalue weighted by molar-refractivity contribution is 5.97.